The second-order valence-electron chi connectivity index (χ2n) is 8.51. The third-order valence-corrected chi connectivity index (χ3v) is 8.15. The van der Waals surface area contributed by atoms with Gasteiger partial charge < -0.3 is 14.5 Å². The molecule has 5 aromatic rings. The molecule has 1 N–H and O–H groups in total. The number of para-hydroxylation sites is 1. The number of anilines is 2. The number of methoxy groups -OCH3 is 1. The van der Waals surface area contributed by atoms with Crippen LogP contribution < -0.4 is 14.4 Å². The average molecular weight is 515 g/mol. The van der Waals surface area contributed by atoms with E-state index in [1.165, 1.54) is 23.5 Å². The quantitative estimate of drug-likeness (QED) is 0.275. The lowest BCUT2D eigenvalue weighted by Crippen LogP contribution is -2.30. The first-order valence-electron chi connectivity index (χ1n) is 11.9. The lowest BCUT2D eigenvalue weighted by molar-refractivity contribution is -0.115. The van der Waals surface area contributed by atoms with Crippen molar-refractivity contribution in [2.75, 3.05) is 23.3 Å². The maximum atomic E-state index is 13.5. The largest absolute Gasteiger partial charge is 0.495 e. The highest BCUT2D eigenvalue weighted by Crippen LogP contribution is 2.33. The highest BCUT2D eigenvalue weighted by molar-refractivity contribution is 7.92. The maximum Gasteiger partial charge on any atom is 0.264 e. The number of fused-ring (bicyclic) bond motifs is 3. The Labute approximate surface area is 215 Å². The monoisotopic (exact) mass is 514 g/mol. The molecule has 0 fully saturated rings. The molecule has 0 bridgehead atoms. The van der Waals surface area contributed by atoms with Crippen molar-refractivity contribution in [3.05, 3.63) is 96.8 Å². The third-order valence-electron chi connectivity index (χ3n) is 6.26. The van der Waals surface area contributed by atoms with Gasteiger partial charge >= 0.3 is 0 Å². The molecule has 0 radical (unpaired) electrons. The van der Waals surface area contributed by atoms with Gasteiger partial charge in [-0.25, -0.2) is 8.42 Å². The molecule has 0 atom stereocenters. The van der Waals surface area contributed by atoms with Gasteiger partial charge in [0.1, 0.15) is 11.3 Å². The highest BCUT2D eigenvalue weighted by Gasteiger charge is 2.25. The van der Waals surface area contributed by atoms with Gasteiger partial charge in [-0.05, 0) is 54.1 Å². The fourth-order valence-corrected chi connectivity index (χ4v) is 6.03. The van der Waals surface area contributed by atoms with E-state index < -0.39 is 10.0 Å². The first-order chi connectivity index (χ1) is 17.9. The molecule has 1 amide bonds. The van der Waals surface area contributed by atoms with Crippen LogP contribution in [0.2, 0.25) is 0 Å². The van der Waals surface area contributed by atoms with E-state index in [-0.39, 0.29) is 29.5 Å². The molecule has 0 unspecified atom stereocenters. The molecule has 0 aliphatic carbocycles. The summed E-state index contributed by atoms with van der Waals surface area (Å²) >= 11 is 0. The molecule has 0 aliphatic rings. The number of hydrogen-bond acceptors (Lipinski definition) is 5. The Morgan fingerprint density at radius 2 is 1.73 bits per heavy atom. The zero-order valence-electron chi connectivity index (χ0n) is 20.5. The number of furan rings is 1. The van der Waals surface area contributed by atoms with Crippen LogP contribution in [0.15, 0.2) is 101 Å². The van der Waals surface area contributed by atoms with Gasteiger partial charge in [0, 0.05) is 17.5 Å². The molecular formula is C29H26N2O5S. The topological polar surface area (TPSA) is 88.9 Å². The summed E-state index contributed by atoms with van der Waals surface area (Å²) in [6.07, 6.45) is 1.64. The first-order valence-corrected chi connectivity index (χ1v) is 13.3. The van der Waals surface area contributed by atoms with Crippen molar-refractivity contribution in [2.24, 2.45) is 0 Å². The molecule has 8 heteroatoms. The van der Waals surface area contributed by atoms with E-state index in [1.54, 1.807) is 43.5 Å². The van der Waals surface area contributed by atoms with Gasteiger partial charge in [-0.1, -0.05) is 48.5 Å². The SMILES string of the molecule is CCN(c1ccccc1)S(=O)(=O)c1ccc(OC)c(NC(=O)Cc2coc3ccc4ccccc4c23)c1. The Kier molecular flexibility index (Phi) is 6.58. The van der Waals surface area contributed by atoms with Crippen LogP contribution in [0.1, 0.15) is 12.5 Å². The van der Waals surface area contributed by atoms with E-state index in [1.807, 2.05) is 42.5 Å². The number of carbonyl (C=O) groups excluding carboxylic acids is 1. The van der Waals surface area contributed by atoms with Crippen LogP contribution in [0, 0.1) is 0 Å². The summed E-state index contributed by atoms with van der Waals surface area (Å²) in [6.45, 7) is 2.03. The molecular weight excluding hydrogens is 488 g/mol. The van der Waals surface area contributed by atoms with Crippen molar-refractivity contribution in [1.82, 2.24) is 0 Å². The van der Waals surface area contributed by atoms with Crippen LogP contribution in [0.25, 0.3) is 21.7 Å². The number of nitrogens with one attached hydrogen (secondary N) is 1. The molecule has 1 aromatic heterocycles. The van der Waals surface area contributed by atoms with Gasteiger partial charge in [0.2, 0.25) is 5.91 Å². The summed E-state index contributed by atoms with van der Waals surface area (Å²) in [4.78, 5) is 13.2. The van der Waals surface area contributed by atoms with E-state index in [9.17, 15) is 13.2 Å². The van der Waals surface area contributed by atoms with Crippen molar-refractivity contribution in [1.29, 1.82) is 0 Å². The van der Waals surface area contributed by atoms with Crippen LogP contribution in [-0.2, 0) is 21.2 Å². The minimum atomic E-state index is -3.88. The minimum absolute atomic E-state index is 0.0479. The number of ether oxygens (including phenoxy) is 1. The average Bonchev–Trinajstić information content (AvgIpc) is 3.32. The van der Waals surface area contributed by atoms with Gasteiger partial charge in [0.25, 0.3) is 10.0 Å². The van der Waals surface area contributed by atoms with Crippen molar-refractivity contribution < 1.29 is 22.4 Å². The van der Waals surface area contributed by atoms with Crippen molar-refractivity contribution in [3.63, 3.8) is 0 Å². The van der Waals surface area contributed by atoms with Crippen molar-refractivity contribution in [3.8, 4) is 5.75 Å². The fourth-order valence-electron chi connectivity index (χ4n) is 4.53. The summed E-state index contributed by atoms with van der Waals surface area (Å²) < 4.78 is 39.4. The second kappa shape index (κ2) is 9.99. The number of sulfonamides is 1. The van der Waals surface area contributed by atoms with Gasteiger partial charge in [-0.2, -0.15) is 0 Å². The Balaban J connectivity index is 1.45. The Morgan fingerprint density at radius 3 is 2.49 bits per heavy atom. The number of amides is 1. The molecule has 5 rings (SSSR count). The molecule has 188 valence electrons. The van der Waals surface area contributed by atoms with E-state index in [0.29, 0.717) is 17.0 Å². The molecule has 0 aliphatic heterocycles. The van der Waals surface area contributed by atoms with Crippen LogP contribution >= 0.6 is 0 Å². The third kappa shape index (κ3) is 4.63. The predicted octanol–water partition coefficient (Wildman–Crippen LogP) is 5.99. The van der Waals surface area contributed by atoms with E-state index in [0.717, 1.165) is 21.7 Å². The van der Waals surface area contributed by atoms with Gasteiger partial charge in [-0.15, -0.1) is 0 Å². The van der Waals surface area contributed by atoms with Gasteiger partial charge in [0.05, 0.1) is 36.1 Å². The maximum absolute atomic E-state index is 13.5. The van der Waals surface area contributed by atoms with Crippen LogP contribution in [0.5, 0.6) is 5.75 Å². The zero-order valence-corrected chi connectivity index (χ0v) is 21.3. The van der Waals surface area contributed by atoms with Gasteiger partial charge in [0.15, 0.2) is 0 Å². The predicted molar refractivity (Wildman–Crippen MR) is 146 cm³/mol. The molecule has 0 spiro atoms. The summed E-state index contributed by atoms with van der Waals surface area (Å²) in [5.74, 6) is 0.0384. The Morgan fingerprint density at radius 1 is 0.973 bits per heavy atom. The van der Waals surface area contributed by atoms with Crippen LogP contribution in [0.3, 0.4) is 0 Å². The van der Waals surface area contributed by atoms with Crippen molar-refractivity contribution in [2.45, 2.75) is 18.2 Å². The number of nitrogens with zero attached hydrogens (tertiary/aromatic N) is 1. The number of rotatable bonds is 8. The lowest BCUT2D eigenvalue weighted by Gasteiger charge is -2.23. The number of benzene rings is 4. The van der Waals surface area contributed by atoms with Gasteiger partial charge in [-0.3, -0.25) is 9.10 Å². The second-order valence-corrected chi connectivity index (χ2v) is 10.4. The fraction of sp³-hybridized carbons (Fsp3) is 0.138. The molecule has 1 heterocycles. The first kappa shape index (κ1) is 24.4. The van der Waals surface area contributed by atoms with E-state index in [4.69, 9.17) is 9.15 Å². The lowest BCUT2D eigenvalue weighted by atomic mass is 10.0. The smallest absolute Gasteiger partial charge is 0.264 e. The van der Waals surface area contributed by atoms with E-state index in [2.05, 4.69) is 5.32 Å². The minimum Gasteiger partial charge on any atom is -0.495 e. The van der Waals surface area contributed by atoms with Crippen molar-refractivity contribution >= 4 is 49.0 Å². The number of hydrogen-bond donors (Lipinski definition) is 1. The zero-order chi connectivity index (χ0) is 26.0. The molecule has 4 aromatic carbocycles. The molecule has 0 saturated heterocycles. The van der Waals surface area contributed by atoms with Crippen LogP contribution in [-0.4, -0.2) is 28.0 Å². The number of carbonyl (C=O) groups is 1. The normalized spacial score (nSPS) is 11.5. The molecule has 0 saturated carbocycles. The Hall–Kier alpha value is -4.30. The summed E-state index contributed by atoms with van der Waals surface area (Å²) in [5, 5.41) is 5.78. The standard InChI is InChI=1S/C29H26N2O5S/c1-3-31(22-10-5-4-6-11-22)37(33,34)23-14-16-26(35-2)25(18-23)30-28(32)17-21-19-36-27-15-13-20-9-7-8-12-24(20)29(21)27/h4-16,18-19H,3,17H2,1-2H3,(H,30,32). The summed E-state index contributed by atoms with van der Waals surface area (Å²) in [5.41, 5.74) is 2.28. The highest BCUT2D eigenvalue weighted by atomic mass is 32.2. The summed E-state index contributed by atoms with van der Waals surface area (Å²) in [7, 11) is -2.41. The van der Waals surface area contributed by atoms with E-state index >= 15 is 0 Å². The molecule has 7 nitrogen and oxygen atoms in total. The summed E-state index contributed by atoms with van der Waals surface area (Å²) in [6, 6.07) is 25.1. The van der Waals surface area contributed by atoms with Crippen LogP contribution in [0.4, 0.5) is 11.4 Å². The Bertz CT molecular complexity index is 1690. The molecule has 37 heavy (non-hydrogen) atoms.